The number of phosphoric acid groups is 2. The number of unbranched alkanes of at least 4 members (excludes halogenated alkanes) is 36. The van der Waals surface area contributed by atoms with Gasteiger partial charge in [0, 0.05) is 25.7 Å². The molecule has 84 heavy (non-hydrogen) atoms. The predicted octanol–water partition coefficient (Wildman–Crippen LogP) is 18.2. The summed E-state index contributed by atoms with van der Waals surface area (Å²) in [6.45, 7) is 7.19. The van der Waals surface area contributed by atoms with Crippen LogP contribution in [-0.4, -0.2) is 96.7 Å². The number of hydrogen-bond acceptors (Lipinski definition) is 15. The van der Waals surface area contributed by atoms with Crippen molar-refractivity contribution in [2.45, 2.75) is 348 Å². The van der Waals surface area contributed by atoms with Crippen molar-refractivity contribution >= 4 is 39.5 Å². The van der Waals surface area contributed by atoms with Gasteiger partial charge in [0.2, 0.25) is 0 Å². The van der Waals surface area contributed by atoms with E-state index in [9.17, 15) is 43.2 Å². The molecule has 0 fully saturated rings. The maximum atomic E-state index is 13.0. The quantitative estimate of drug-likeness (QED) is 0.0222. The lowest BCUT2D eigenvalue weighted by Gasteiger charge is -2.21. The summed E-state index contributed by atoms with van der Waals surface area (Å²) in [5.74, 6) is -1.33. The van der Waals surface area contributed by atoms with Gasteiger partial charge in [-0.3, -0.25) is 37.3 Å². The Hall–Kier alpha value is -1.94. The molecule has 17 nitrogen and oxygen atoms in total. The molecule has 3 unspecified atom stereocenters. The molecular weight excluding hydrogens is 1110 g/mol. The Morgan fingerprint density at radius 3 is 0.845 bits per heavy atom. The molecule has 0 bridgehead atoms. The van der Waals surface area contributed by atoms with E-state index < -0.39 is 97.5 Å². The van der Waals surface area contributed by atoms with Gasteiger partial charge in [-0.1, -0.05) is 279 Å². The maximum Gasteiger partial charge on any atom is 0.472 e. The Morgan fingerprint density at radius 2 is 0.571 bits per heavy atom. The number of rotatable bonds is 65. The molecule has 0 saturated heterocycles. The Balaban J connectivity index is 5.22. The molecule has 0 aliphatic carbocycles. The normalized spacial score (nSPS) is 14.5. The summed E-state index contributed by atoms with van der Waals surface area (Å²) in [6.07, 6.45) is 42.9. The molecule has 0 aromatic heterocycles. The average Bonchev–Trinajstić information content (AvgIpc) is 3.50. The van der Waals surface area contributed by atoms with Crippen molar-refractivity contribution in [3.05, 3.63) is 0 Å². The molecule has 0 aromatic carbocycles. The van der Waals surface area contributed by atoms with Gasteiger partial charge < -0.3 is 33.8 Å². The van der Waals surface area contributed by atoms with Crippen LogP contribution in [-0.2, 0) is 65.4 Å². The maximum absolute atomic E-state index is 13.0. The molecule has 6 atom stereocenters. The van der Waals surface area contributed by atoms with Crippen LogP contribution in [0, 0.1) is 5.92 Å². The van der Waals surface area contributed by atoms with E-state index in [-0.39, 0.29) is 25.7 Å². The highest BCUT2D eigenvalue weighted by atomic mass is 31.2. The number of carbonyl (C=O) groups is 4. The Bertz CT molecular complexity index is 1640. The van der Waals surface area contributed by atoms with E-state index in [0.29, 0.717) is 25.7 Å². The number of esters is 4. The van der Waals surface area contributed by atoms with Gasteiger partial charge in [0.05, 0.1) is 26.4 Å². The van der Waals surface area contributed by atoms with E-state index in [0.717, 1.165) is 102 Å². The number of phosphoric ester groups is 2. The van der Waals surface area contributed by atoms with Crippen molar-refractivity contribution in [1.29, 1.82) is 0 Å². The zero-order valence-corrected chi connectivity index (χ0v) is 55.8. The molecule has 0 radical (unpaired) electrons. The first-order valence-electron chi connectivity index (χ1n) is 34.2. The first-order chi connectivity index (χ1) is 40.6. The zero-order chi connectivity index (χ0) is 62.0. The second-order valence-electron chi connectivity index (χ2n) is 23.7. The topological polar surface area (TPSA) is 237 Å². The summed E-state index contributed by atoms with van der Waals surface area (Å²) in [6, 6.07) is 0. The van der Waals surface area contributed by atoms with Gasteiger partial charge in [0.1, 0.15) is 19.3 Å². The fourth-order valence-electron chi connectivity index (χ4n) is 9.73. The van der Waals surface area contributed by atoms with Crippen LogP contribution in [0.2, 0.25) is 0 Å². The van der Waals surface area contributed by atoms with Crippen molar-refractivity contribution in [1.82, 2.24) is 0 Å². The van der Waals surface area contributed by atoms with E-state index >= 15 is 0 Å². The van der Waals surface area contributed by atoms with E-state index in [4.69, 9.17) is 37.0 Å². The van der Waals surface area contributed by atoms with Crippen molar-refractivity contribution in [2.75, 3.05) is 39.6 Å². The summed E-state index contributed by atoms with van der Waals surface area (Å²) in [7, 11) is -9.88. The molecule has 0 aliphatic rings. The number of hydrogen-bond donors (Lipinski definition) is 3. The van der Waals surface area contributed by atoms with E-state index in [1.54, 1.807) is 0 Å². The standard InChI is InChI=1S/C65H126O17P2/c1-6-10-13-16-19-22-23-24-25-30-34-39-44-49-63(68)76-55-61(82-65(70)51-46-41-36-31-27-26-29-32-37-42-47-58(5)9-4)57-80-84(73,74)78-53-59(66)52-77-83(71,72)79-56-60(54-75-62(67)48-43-38-33-21-18-15-12-8-3)81-64(69)50-45-40-35-28-20-17-14-11-7-2/h58-61,66H,6-57H2,1-5H3,(H,71,72)(H,73,74)/t58?,59-,60+,61+/m0/s1. The fourth-order valence-corrected chi connectivity index (χ4v) is 11.3. The van der Waals surface area contributed by atoms with Crippen LogP contribution in [0.25, 0.3) is 0 Å². The van der Waals surface area contributed by atoms with Crippen LogP contribution in [0.15, 0.2) is 0 Å². The summed E-state index contributed by atoms with van der Waals surface area (Å²) in [4.78, 5) is 72.2. The monoisotopic (exact) mass is 1240 g/mol. The van der Waals surface area contributed by atoms with E-state index in [2.05, 4.69) is 34.6 Å². The highest BCUT2D eigenvalue weighted by molar-refractivity contribution is 7.47. The van der Waals surface area contributed by atoms with Crippen molar-refractivity contribution < 1.29 is 80.2 Å². The second-order valence-corrected chi connectivity index (χ2v) is 26.7. The Kier molecular flexibility index (Phi) is 57.4. The van der Waals surface area contributed by atoms with Crippen molar-refractivity contribution in [3.8, 4) is 0 Å². The molecule has 3 N–H and O–H groups in total. The SMILES string of the molecule is CCCCCCCCCCCCCCCC(=O)OC[C@H](COP(=O)(O)OC[C@@H](O)COP(=O)(O)OC[C@@H](COC(=O)CCCCCCCCCC)OC(=O)CCCCCCCCCCC)OC(=O)CCCCCCCCCCCCC(C)CC. The second kappa shape index (κ2) is 58.7. The minimum absolute atomic E-state index is 0.106. The first kappa shape index (κ1) is 82.1. The third kappa shape index (κ3) is 57.8. The van der Waals surface area contributed by atoms with Crippen molar-refractivity contribution in [3.63, 3.8) is 0 Å². The van der Waals surface area contributed by atoms with Crippen molar-refractivity contribution in [2.24, 2.45) is 5.92 Å². The van der Waals surface area contributed by atoms with Gasteiger partial charge >= 0.3 is 39.5 Å². The lowest BCUT2D eigenvalue weighted by Crippen LogP contribution is -2.30. The molecule has 0 aliphatic heterocycles. The lowest BCUT2D eigenvalue weighted by molar-refractivity contribution is -0.161. The van der Waals surface area contributed by atoms with Crippen LogP contribution in [0.1, 0.15) is 330 Å². The summed E-state index contributed by atoms with van der Waals surface area (Å²) < 4.78 is 68.0. The van der Waals surface area contributed by atoms with Gasteiger partial charge in [-0.25, -0.2) is 9.13 Å². The van der Waals surface area contributed by atoms with Gasteiger partial charge in [-0.15, -0.1) is 0 Å². The summed E-state index contributed by atoms with van der Waals surface area (Å²) >= 11 is 0. The largest absolute Gasteiger partial charge is 0.472 e. The molecule has 0 amide bonds. The van der Waals surface area contributed by atoms with Crippen LogP contribution in [0.3, 0.4) is 0 Å². The van der Waals surface area contributed by atoms with Crippen LogP contribution in [0.5, 0.6) is 0 Å². The minimum atomic E-state index is -4.95. The number of aliphatic hydroxyl groups excluding tert-OH is 1. The fraction of sp³-hybridized carbons (Fsp3) is 0.938. The third-order valence-corrected chi connectivity index (χ3v) is 17.3. The predicted molar refractivity (Wildman–Crippen MR) is 335 cm³/mol. The Morgan fingerprint density at radius 1 is 0.333 bits per heavy atom. The highest BCUT2D eigenvalue weighted by Gasteiger charge is 2.30. The number of aliphatic hydroxyl groups is 1. The molecule has 0 saturated carbocycles. The lowest BCUT2D eigenvalue weighted by atomic mass is 9.99. The molecule has 0 heterocycles. The summed E-state index contributed by atoms with van der Waals surface area (Å²) in [5.41, 5.74) is 0. The molecule has 0 spiro atoms. The smallest absolute Gasteiger partial charge is 0.462 e. The number of ether oxygens (including phenoxy) is 4. The molecule has 0 rings (SSSR count). The first-order valence-corrected chi connectivity index (χ1v) is 37.2. The van der Waals surface area contributed by atoms with Crippen LogP contribution < -0.4 is 0 Å². The van der Waals surface area contributed by atoms with Gasteiger partial charge in [-0.2, -0.15) is 0 Å². The van der Waals surface area contributed by atoms with Crippen LogP contribution in [0.4, 0.5) is 0 Å². The molecule has 498 valence electrons. The zero-order valence-electron chi connectivity index (χ0n) is 54.0. The molecule has 19 heteroatoms. The average molecular weight is 1240 g/mol. The minimum Gasteiger partial charge on any atom is -0.462 e. The van der Waals surface area contributed by atoms with Gasteiger partial charge in [0.25, 0.3) is 0 Å². The van der Waals surface area contributed by atoms with E-state index in [1.165, 1.54) is 148 Å². The highest BCUT2D eigenvalue weighted by Crippen LogP contribution is 2.45. The number of carbonyl (C=O) groups excluding carboxylic acids is 4. The van der Waals surface area contributed by atoms with Crippen LogP contribution >= 0.6 is 15.6 Å². The van der Waals surface area contributed by atoms with Gasteiger partial charge in [-0.05, 0) is 31.6 Å². The van der Waals surface area contributed by atoms with Gasteiger partial charge in [0.15, 0.2) is 12.2 Å². The Labute approximate surface area is 511 Å². The molecular formula is C65H126O17P2. The molecule has 0 aromatic rings. The van der Waals surface area contributed by atoms with E-state index in [1.807, 2.05) is 0 Å². The summed E-state index contributed by atoms with van der Waals surface area (Å²) in [5, 5.41) is 10.5. The third-order valence-electron chi connectivity index (χ3n) is 15.4.